The van der Waals surface area contributed by atoms with Gasteiger partial charge < -0.3 is 10.1 Å². The lowest BCUT2D eigenvalue weighted by Gasteiger charge is -2.11. The van der Waals surface area contributed by atoms with Gasteiger partial charge in [0.25, 0.3) is 20.0 Å². The standard InChI is InChI=1S/C21H21N3O6S2/c1-15-3-11-19(12-4-15)32(28,29)24-21(25)22-16-7-13-20(14-8-16)31(26,27)23-17-5-9-18(30-2)10-6-17/h3-14,23H,1-2H3,(H2,22,24,25). The first kappa shape index (κ1) is 23.1. The van der Waals surface area contributed by atoms with Crippen molar-refractivity contribution in [3.8, 4) is 5.75 Å². The Morgan fingerprint density at radius 2 is 1.22 bits per heavy atom. The summed E-state index contributed by atoms with van der Waals surface area (Å²) in [5.74, 6) is 0.589. The van der Waals surface area contributed by atoms with E-state index in [0.717, 1.165) is 5.56 Å². The highest BCUT2D eigenvalue weighted by Gasteiger charge is 2.18. The van der Waals surface area contributed by atoms with Crippen molar-refractivity contribution in [2.45, 2.75) is 16.7 Å². The minimum absolute atomic E-state index is 0.0356. The molecule has 0 aliphatic rings. The number of hydrogen-bond donors (Lipinski definition) is 3. The van der Waals surface area contributed by atoms with Crippen molar-refractivity contribution in [1.82, 2.24) is 4.72 Å². The SMILES string of the molecule is COc1ccc(NS(=O)(=O)c2ccc(NC(=O)NS(=O)(=O)c3ccc(C)cc3)cc2)cc1. The highest BCUT2D eigenvalue weighted by molar-refractivity contribution is 7.92. The molecule has 3 rings (SSSR count). The monoisotopic (exact) mass is 475 g/mol. The normalized spacial score (nSPS) is 11.4. The average molecular weight is 476 g/mol. The molecule has 0 aliphatic carbocycles. The fraction of sp³-hybridized carbons (Fsp3) is 0.0952. The first-order valence-electron chi connectivity index (χ1n) is 9.26. The summed E-state index contributed by atoms with van der Waals surface area (Å²) in [5.41, 5.74) is 1.45. The van der Waals surface area contributed by atoms with Crippen molar-refractivity contribution in [2.24, 2.45) is 0 Å². The Balaban J connectivity index is 1.65. The molecule has 0 atom stereocenters. The molecular formula is C21H21N3O6S2. The Morgan fingerprint density at radius 3 is 1.78 bits per heavy atom. The molecule has 0 radical (unpaired) electrons. The molecular weight excluding hydrogens is 454 g/mol. The van der Waals surface area contributed by atoms with Gasteiger partial charge >= 0.3 is 6.03 Å². The van der Waals surface area contributed by atoms with Crippen LogP contribution in [0.2, 0.25) is 0 Å². The van der Waals surface area contributed by atoms with Gasteiger partial charge in [-0.1, -0.05) is 17.7 Å². The van der Waals surface area contributed by atoms with Crippen LogP contribution in [0, 0.1) is 6.92 Å². The van der Waals surface area contributed by atoms with E-state index >= 15 is 0 Å². The minimum atomic E-state index is -4.04. The maximum atomic E-state index is 12.5. The first-order chi connectivity index (χ1) is 15.1. The Hall–Kier alpha value is -3.57. The molecule has 3 N–H and O–H groups in total. The molecule has 0 aromatic heterocycles. The summed E-state index contributed by atoms with van der Waals surface area (Å²) in [5, 5.41) is 2.36. The molecule has 168 valence electrons. The van der Waals surface area contributed by atoms with Crippen LogP contribution in [0.1, 0.15) is 5.56 Å². The van der Waals surface area contributed by atoms with E-state index in [1.54, 1.807) is 36.4 Å². The summed E-state index contributed by atoms with van der Waals surface area (Å²) in [6, 6.07) is 16.7. The van der Waals surface area contributed by atoms with Crippen molar-refractivity contribution in [3.63, 3.8) is 0 Å². The van der Waals surface area contributed by atoms with Gasteiger partial charge in [0.05, 0.1) is 16.9 Å². The molecule has 9 nitrogen and oxygen atoms in total. The Bertz CT molecular complexity index is 1300. The van der Waals surface area contributed by atoms with Gasteiger partial charge in [-0.2, -0.15) is 0 Å². The van der Waals surface area contributed by atoms with Gasteiger partial charge in [0, 0.05) is 11.4 Å². The average Bonchev–Trinajstić information content (AvgIpc) is 2.74. The fourth-order valence-corrected chi connectivity index (χ4v) is 4.61. The van der Waals surface area contributed by atoms with Gasteiger partial charge in [0.15, 0.2) is 0 Å². The lowest BCUT2D eigenvalue weighted by Crippen LogP contribution is -2.34. The summed E-state index contributed by atoms with van der Waals surface area (Å²) in [6.45, 7) is 1.81. The molecule has 32 heavy (non-hydrogen) atoms. The number of carbonyl (C=O) groups is 1. The number of rotatable bonds is 7. The number of urea groups is 1. The third kappa shape index (κ3) is 5.77. The van der Waals surface area contributed by atoms with Crippen LogP contribution in [0.15, 0.2) is 82.6 Å². The second-order valence-corrected chi connectivity index (χ2v) is 10.1. The quantitative estimate of drug-likeness (QED) is 0.481. The predicted octanol–water partition coefficient (Wildman–Crippen LogP) is 3.31. The van der Waals surface area contributed by atoms with Crippen molar-refractivity contribution in [2.75, 3.05) is 17.1 Å². The zero-order valence-electron chi connectivity index (χ0n) is 17.2. The largest absolute Gasteiger partial charge is 0.497 e. The molecule has 0 saturated heterocycles. The van der Waals surface area contributed by atoms with E-state index in [4.69, 9.17) is 4.74 Å². The number of aryl methyl sites for hydroxylation is 1. The zero-order valence-corrected chi connectivity index (χ0v) is 18.8. The van der Waals surface area contributed by atoms with Crippen LogP contribution in [0.4, 0.5) is 16.2 Å². The first-order valence-corrected chi connectivity index (χ1v) is 12.2. The van der Waals surface area contributed by atoms with Crippen LogP contribution < -0.4 is 19.5 Å². The van der Waals surface area contributed by atoms with Crippen LogP contribution in [-0.2, 0) is 20.0 Å². The van der Waals surface area contributed by atoms with E-state index in [9.17, 15) is 21.6 Å². The smallest absolute Gasteiger partial charge is 0.333 e. The molecule has 0 saturated carbocycles. The molecule has 0 unspecified atom stereocenters. The fourth-order valence-electron chi connectivity index (χ4n) is 2.65. The summed E-state index contributed by atoms with van der Waals surface area (Å²) in [4.78, 5) is 12.0. The van der Waals surface area contributed by atoms with Crippen LogP contribution >= 0.6 is 0 Å². The second kappa shape index (κ2) is 9.28. The van der Waals surface area contributed by atoms with E-state index in [1.165, 1.54) is 43.5 Å². The van der Waals surface area contributed by atoms with Gasteiger partial charge in [0.1, 0.15) is 5.75 Å². The van der Waals surface area contributed by atoms with Crippen molar-refractivity contribution >= 4 is 37.5 Å². The summed E-state index contributed by atoms with van der Waals surface area (Å²) >= 11 is 0. The Morgan fingerprint density at radius 1 is 0.719 bits per heavy atom. The molecule has 0 aliphatic heterocycles. The van der Waals surface area contributed by atoms with Gasteiger partial charge in [-0.3, -0.25) is 4.72 Å². The molecule has 0 bridgehead atoms. The number of sulfonamides is 2. The number of ether oxygens (including phenoxy) is 1. The van der Waals surface area contributed by atoms with Crippen LogP contribution in [0.5, 0.6) is 5.75 Å². The number of methoxy groups -OCH3 is 1. The minimum Gasteiger partial charge on any atom is -0.497 e. The Labute approximate surface area is 186 Å². The van der Waals surface area contributed by atoms with E-state index in [1.807, 2.05) is 11.6 Å². The number of benzene rings is 3. The number of nitrogens with one attached hydrogen (secondary N) is 3. The molecule has 3 aromatic rings. The maximum Gasteiger partial charge on any atom is 0.333 e. The van der Waals surface area contributed by atoms with Crippen molar-refractivity contribution in [3.05, 3.63) is 78.4 Å². The lowest BCUT2D eigenvalue weighted by atomic mass is 10.2. The van der Waals surface area contributed by atoms with Gasteiger partial charge in [0.2, 0.25) is 0 Å². The van der Waals surface area contributed by atoms with Crippen LogP contribution in [0.25, 0.3) is 0 Å². The number of anilines is 2. The van der Waals surface area contributed by atoms with Crippen LogP contribution in [-0.4, -0.2) is 30.0 Å². The molecule has 2 amide bonds. The highest BCUT2D eigenvalue weighted by atomic mass is 32.2. The van der Waals surface area contributed by atoms with E-state index in [2.05, 4.69) is 10.0 Å². The summed E-state index contributed by atoms with van der Waals surface area (Å²) < 4.78 is 59.0. The van der Waals surface area contributed by atoms with E-state index in [-0.39, 0.29) is 15.5 Å². The van der Waals surface area contributed by atoms with E-state index < -0.39 is 26.1 Å². The third-order valence-electron chi connectivity index (χ3n) is 4.32. The second-order valence-electron chi connectivity index (χ2n) is 6.73. The predicted molar refractivity (Wildman–Crippen MR) is 121 cm³/mol. The van der Waals surface area contributed by atoms with Crippen molar-refractivity contribution < 1.29 is 26.4 Å². The summed E-state index contributed by atoms with van der Waals surface area (Å²) in [6.07, 6.45) is 0. The van der Waals surface area contributed by atoms with Gasteiger partial charge in [-0.05, 0) is 67.6 Å². The van der Waals surface area contributed by atoms with Gasteiger partial charge in [-0.25, -0.2) is 26.4 Å². The highest BCUT2D eigenvalue weighted by Crippen LogP contribution is 2.20. The molecule has 3 aromatic carbocycles. The topological polar surface area (TPSA) is 131 Å². The molecule has 0 spiro atoms. The molecule has 0 fully saturated rings. The maximum absolute atomic E-state index is 12.5. The third-order valence-corrected chi connectivity index (χ3v) is 7.07. The van der Waals surface area contributed by atoms with Gasteiger partial charge in [-0.15, -0.1) is 0 Å². The zero-order chi connectivity index (χ0) is 23.4. The molecule has 0 heterocycles. The van der Waals surface area contributed by atoms with E-state index in [0.29, 0.717) is 11.4 Å². The number of hydrogen-bond acceptors (Lipinski definition) is 6. The van der Waals surface area contributed by atoms with Crippen LogP contribution in [0.3, 0.4) is 0 Å². The summed E-state index contributed by atoms with van der Waals surface area (Å²) in [7, 11) is -6.40. The number of carbonyl (C=O) groups excluding carboxylic acids is 1. The van der Waals surface area contributed by atoms with Crippen molar-refractivity contribution in [1.29, 1.82) is 0 Å². The Kier molecular flexibility index (Phi) is 6.70. The number of amides is 2. The molecule has 11 heteroatoms. The lowest BCUT2D eigenvalue weighted by molar-refractivity contribution is 0.256.